The Morgan fingerprint density at radius 2 is 2.27 bits per heavy atom. The largest absolute Gasteiger partial charge is 0.372 e. The van der Waals surface area contributed by atoms with Gasteiger partial charge in [-0.3, -0.25) is 0 Å². The zero-order valence-corrected chi connectivity index (χ0v) is 7.29. The van der Waals surface area contributed by atoms with Gasteiger partial charge in [0.05, 0.1) is 24.8 Å². The fourth-order valence-electron chi connectivity index (χ4n) is 1.23. The third-order valence-corrected chi connectivity index (χ3v) is 2.41. The molecule has 1 fully saturated rings. The van der Waals surface area contributed by atoms with Crippen molar-refractivity contribution in [2.75, 3.05) is 13.2 Å². The Morgan fingerprint density at radius 3 is 2.73 bits per heavy atom. The number of rotatable bonds is 0. The summed E-state index contributed by atoms with van der Waals surface area (Å²) >= 11 is 0. The van der Waals surface area contributed by atoms with Crippen molar-refractivity contribution in [2.24, 2.45) is 0 Å². The third kappa shape index (κ3) is 1.46. The van der Waals surface area contributed by atoms with Crippen LogP contribution >= 0.6 is 0 Å². The standard InChI is InChI=1S/C8H14N2O/c1-7-8(2,3)11-5-4-10(7)6-9/h7H,4-5H2,1-3H3. The summed E-state index contributed by atoms with van der Waals surface area (Å²) in [6, 6.07) is 0.182. The van der Waals surface area contributed by atoms with Gasteiger partial charge in [0.1, 0.15) is 0 Å². The Kier molecular flexibility index (Phi) is 2.05. The van der Waals surface area contributed by atoms with E-state index < -0.39 is 0 Å². The number of hydrogen-bond donors (Lipinski definition) is 0. The lowest BCUT2D eigenvalue weighted by atomic mass is 9.97. The van der Waals surface area contributed by atoms with Gasteiger partial charge in [-0.2, -0.15) is 5.26 Å². The third-order valence-electron chi connectivity index (χ3n) is 2.41. The summed E-state index contributed by atoms with van der Waals surface area (Å²) in [5.41, 5.74) is -0.187. The zero-order chi connectivity index (χ0) is 8.48. The first-order valence-electron chi connectivity index (χ1n) is 3.88. The first-order valence-corrected chi connectivity index (χ1v) is 3.88. The molecule has 0 amide bonds. The minimum atomic E-state index is -0.187. The summed E-state index contributed by atoms with van der Waals surface area (Å²) in [5.74, 6) is 0. The molecule has 1 aliphatic rings. The van der Waals surface area contributed by atoms with Crippen LogP contribution in [0.5, 0.6) is 0 Å². The smallest absolute Gasteiger partial charge is 0.179 e. The molecule has 1 saturated heterocycles. The molecule has 0 bridgehead atoms. The predicted molar refractivity (Wildman–Crippen MR) is 41.8 cm³/mol. The number of hydrogen-bond acceptors (Lipinski definition) is 3. The quantitative estimate of drug-likeness (QED) is 0.488. The normalized spacial score (nSPS) is 29.6. The van der Waals surface area contributed by atoms with Gasteiger partial charge in [-0.05, 0) is 20.8 Å². The minimum Gasteiger partial charge on any atom is -0.372 e. The van der Waals surface area contributed by atoms with Gasteiger partial charge < -0.3 is 9.64 Å². The topological polar surface area (TPSA) is 36.3 Å². The average Bonchev–Trinajstić information content (AvgIpc) is 1.95. The second-order valence-corrected chi connectivity index (χ2v) is 3.42. The molecule has 0 spiro atoms. The van der Waals surface area contributed by atoms with Crippen molar-refractivity contribution in [1.29, 1.82) is 5.26 Å². The molecule has 1 heterocycles. The molecule has 1 unspecified atom stereocenters. The van der Waals surface area contributed by atoms with Crippen molar-refractivity contribution in [1.82, 2.24) is 4.90 Å². The summed E-state index contributed by atoms with van der Waals surface area (Å²) in [6.45, 7) is 7.43. The lowest BCUT2D eigenvalue weighted by molar-refractivity contribution is -0.104. The molecule has 1 aliphatic heterocycles. The highest BCUT2D eigenvalue weighted by atomic mass is 16.5. The molecule has 3 nitrogen and oxygen atoms in total. The fourth-order valence-corrected chi connectivity index (χ4v) is 1.23. The Bertz CT molecular complexity index is 183. The molecule has 11 heavy (non-hydrogen) atoms. The average molecular weight is 154 g/mol. The zero-order valence-electron chi connectivity index (χ0n) is 7.29. The first kappa shape index (κ1) is 8.35. The van der Waals surface area contributed by atoms with Gasteiger partial charge in [-0.15, -0.1) is 0 Å². The van der Waals surface area contributed by atoms with Crippen molar-refractivity contribution in [3.05, 3.63) is 0 Å². The van der Waals surface area contributed by atoms with Crippen molar-refractivity contribution in [3.63, 3.8) is 0 Å². The van der Waals surface area contributed by atoms with E-state index in [0.29, 0.717) is 6.61 Å². The van der Waals surface area contributed by atoms with Crippen LogP contribution in [0.25, 0.3) is 0 Å². The van der Waals surface area contributed by atoms with Crippen LogP contribution in [0.3, 0.4) is 0 Å². The van der Waals surface area contributed by atoms with Gasteiger partial charge in [-0.25, -0.2) is 0 Å². The number of nitrogens with zero attached hydrogens (tertiary/aromatic N) is 2. The summed E-state index contributed by atoms with van der Waals surface area (Å²) < 4.78 is 5.52. The van der Waals surface area contributed by atoms with Crippen LogP contribution in [0.4, 0.5) is 0 Å². The number of nitriles is 1. The molecule has 0 N–H and O–H groups in total. The van der Waals surface area contributed by atoms with E-state index in [4.69, 9.17) is 10.00 Å². The molecular formula is C8H14N2O. The van der Waals surface area contributed by atoms with E-state index in [1.165, 1.54) is 0 Å². The van der Waals surface area contributed by atoms with E-state index in [9.17, 15) is 0 Å². The van der Waals surface area contributed by atoms with Gasteiger partial charge in [-0.1, -0.05) is 0 Å². The van der Waals surface area contributed by atoms with Gasteiger partial charge in [0.2, 0.25) is 0 Å². The molecule has 0 aliphatic carbocycles. The highest BCUT2D eigenvalue weighted by Gasteiger charge is 2.34. The Hall–Kier alpha value is -0.750. The van der Waals surface area contributed by atoms with Crippen LogP contribution < -0.4 is 0 Å². The Labute approximate surface area is 67.6 Å². The number of ether oxygens (including phenoxy) is 1. The van der Waals surface area contributed by atoms with E-state index in [2.05, 4.69) is 6.19 Å². The van der Waals surface area contributed by atoms with Crippen molar-refractivity contribution >= 4 is 0 Å². The van der Waals surface area contributed by atoms with Crippen LogP contribution in [0, 0.1) is 11.5 Å². The van der Waals surface area contributed by atoms with Crippen molar-refractivity contribution < 1.29 is 4.74 Å². The molecular weight excluding hydrogens is 140 g/mol. The summed E-state index contributed by atoms with van der Waals surface area (Å²) in [6.07, 6.45) is 2.16. The van der Waals surface area contributed by atoms with Crippen LogP contribution in [-0.2, 0) is 4.74 Å². The van der Waals surface area contributed by atoms with E-state index >= 15 is 0 Å². The molecule has 0 saturated carbocycles. The first-order chi connectivity index (χ1) is 5.08. The maximum atomic E-state index is 8.71. The molecule has 0 aromatic heterocycles. The van der Waals surface area contributed by atoms with E-state index in [1.807, 2.05) is 20.8 Å². The van der Waals surface area contributed by atoms with E-state index in [-0.39, 0.29) is 11.6 Å². The lowest BCUT2D eigenvalue weighted by Crippen LogP contribution is -2.53. The Balaban J connectivity index is 2.69. The summed E-state index contributed by atoms with van der Waals surface area (Å²) in [7, 11) is 0. The SMILES string of the molecule is CC1N(C#N)CCOC1(C)C. The molecule has 1 rings (SSSR count). The fraction of sp³-hybridized carbons (Fsp3) is 0.875. The van der Waals surface area contributed by atoms with Crippen LogP contribution in [0.15, 0.2) is 0 Å². The van der Waals surface area contributed by atoms with Gasteiger partial charge in [0, 0.05) is 0 Å². The minimum absolute atomic E-state index is 0.182. The van der Waals surface area contributed by atoms with E-state index in [1.54, 1.807) is 4.90 Å². The van der Waals surface area contributed by atoms with Crippen molar-refractivity contribution in [2.45, 2.75) is 32.4 Å². The van der Waals surface area contributed by atoms with Crippen LogP contribution in [0.2, 0.25) is 0 Å². The maximum Gasteiger partial charge on any atom is 0.179 e. The van der Waals surface area contributed by atoms with Crippen molar-refractivity contribution in [3.8, 4) is 6.19 Å². The van der Waals surface area contributed by atoms with Gasteiger partial charge in [0.25, 0.3) is 0 Å². The molecule has 0 aromatic carbocycles. The lowest BCUT2D eigenvalue weighted by Gasteiger charge is -2.41. The highest BCUT2D eigenvalue weighted by Crippen LogP contribution is 2.23. The molecule has 1 atom stereocenters. The second kappa shape index (κ2) is 2.71. The molecule has 0 radical (unpaired) electrons. The number of morpholine rings is 1. The molecule has 62 valence electrons. The van der Waals surface area contributed by atoms with Gasteiger partial charge >= 0.3 is 0 Å². The van der Waals surface area contributed by atoms with E-state index in [0.717, 1.165) is 6.54 Å². The Morgan fingerprint density at radius 1 is 1.64 bits per heavy atom. The highest BCUT2D eigenvalue weighted by molar-refractivity contribution is 4.93. The molecule has 3 heteroatoms. The van der Waals surface area contributed by atoms with Gasteiger partial charge in [0.15, 0.2) is 6.19 Å². The monoisotopic (exact) mass is 154 g/mol. The summed E-state index contributed by atoms with van der Waals surface area (Å²) in [4.78, 5) is 1.77. The van der Waals surface area contributed by atoms with Crippen LogP contribution in [-0.4, -0.2) is 29.7 Å². The predicted octanol–water partition coefficient (Wildman–Crippen LogP) is 0.967. The maximum absolute atomic E-state index is 8.71. The second-order valence-electron chi connectivity index (χ2n) is 3.42. The van der Waals surface area contributed by atoms with Crippen LogP contribution in [0.1, 0.15) is 20.8 Å². The summed E-state index contributed by atoms with van der Waals surface area (Å²) in [5, 5.41) is 8.71. The molecule has 0 aromatic rings.